The highest BCUT2D eigenvalue weighted by molar-refractivity contribution is 5.95. The quantitative estimate of drug-likeness (QED) is 0.813. The summed E-state index contributed by atoms with van der Waals surface area (Å²) < 4.78 is 10.5. The molecule has 6 heteroatoms. The first-order valence-electron chi connectivity index (χ1n) is 9.30. The molecule has 6 nitrogen and oxygen atoms in total. The molecule has 2 heterocycles. The highest BCUT2D eigenvalue weighted by atomic mass is 16.5. The van der Waals surface area contributed by atoms with Crippen LogP contribution >= 0.6 is 0 Å². The first kappa shape index (κ1) is 19.2. The lowest BCUT2D eigenvalue weighted by Crippen LogP contribution is -2.38. The van der Waals surface area contributed by atoms with Crippen LogP contribution < -0.4 is 14.8 Å². The van der Waals surface area contributed by atoms with Gasteiger partial charge >= 0.3 is 0 Å². The number of carbonyl (C=O) groups is 1. The van der Waals surface area contributed by atoms with Gasteiger partial charge in [0.1, 0.15) is 11.5 Å². The molecule has 0 atom stereocenters. The van der Waals surface area contributed by atoms with Crippen molar-refractivity contribution in [3.8, 4) is 11.5 Å². The number of nitrogens with zero attached hydrogens (tertiary/aromatic N) is 2. The second-order valence-electron chi connectivity index (χ2n) is 6.89. The van der Waals surface area contributed by atoms with E-state index < -0.39 is 0 Å². The Balaban J connectivity index is 1.46. The van der Waals surface area contributed by atoms with E-state index in [2.05, 4.69) is 27.3 Å². The number of methoxy groups -OCH3 is 2. The Labute approximate surface area is 160 Å². The number of likely N-dealkylation sites (tertiary alicyclic amines) is 1. The van der Waals surface area contributed by atoms with E-state index in [1.54, 1.807) is 32.4 Å². The van der Waals surface area contributed by atoms with Crippen LogP contribution in [0.3, 0.4) is 0 Å². The highest BCUT2D eigenvalue weighted by Crippen LogP contribution is 2.23. The molecule has 1 fully saturated rings. The van der Waals surface area contributed by atoms with Crippen molar-refractivity contribution in [2.24, 2.45) is 5.92 Å². The molecule has 0 aliphatic carbocycles. The second-order valence-corrected chi connectivity index (χ2v) is 6.89. The van der Waals surface area contributed by atoms with Gasteiger partial charge in [0.25, 0.3) is 5.91 Å². The summed E-state index contributed by atoms with van der Waals surface area (Å²) in [5, 5.41) is 3.06. The van der Waals surface area contributed by atoms with Gasteiger partial charge < -0.3 is 14.8 Å². The topological polar surface area (TPSA) is 63.7 Å². The third-order valence-corrected chi connectivity index (χ3v) is 5.03. The minimum Gasteiger partial charge on any atom is -0.497 e. The predicted octanol–water partition coefficient (Wildman–Crippen LogP) is 2.74. The molecule has 1 aliphatic rings. The van der Waals surface area contributed by atoms with E-state index in [9.17, 15) is 4.79 Å². The van der Waals surface area contributed by atoms with Crippen LogP contribution in [-0.4, -0.2) is 49.6 Å². The van der Waals surface area contributed by atoms with Crippen molar-refractivity contribution in [2.75, 3.05) is 33.9 Å². The summed E-state index contributed by atoms with van der Waals surface area (Å²) in [4.78, 5) is 19.0. The number of carbonyl (C=O) groups excluding carboxylic acids is 1. The smallest absolute Gasteiger partial charge is 0.251 e. The van der Waals surface area contributed by atoms with Gasteiger partial charge in [-0.05, 0) is 61.7 Å². The standard InChI is InChI=1S/C21H27N3O3/c1-26-19-11-18(12-20(13-19)27-2)21(25)23-14-16-5-9-24(10-6-16)15-17-3-7-22-8-4-17/h3-4,7-8,11-13,16H,5-6,9-10,14-15H2,1-2H3,(H,23,25). The molecule has 1 aromatic heterocycles. The van der Waals surface area contributed by atoms with Gasteiger partial charge in [-0.25, -0.2) is 0 Å². The summed E-state index contributed by atoms with van der Waals surface area (Å²) in [7, 11) is 3.16. The average molecular weight is 369 g/mol. The number of benzene rings is 1. The number of pyridine rings is 1. The van der Waals surface area contributed by atoms with Gasteiger partial charge in [-0.2, -0.15) is 0 Å². The molecule has 1 saturated heterocycles. The van der Waals surface area contributed by atoms with Crippen molar-refractivity contribution in [1.29, 1.82) is 0 Å². The number of amides is 1. The normalized spacial score (nSPS) is 15.3. The van der Waals surface area contributed by atoms with Crippen molar-refractivity contribution < 1.29 is 14.3 Å². The molecule has 0 saturated carbocycles. The van der Waals surface area contributed by atoms with E-state index in [4.69, 9.17) is 9.47 Å². The van der Waals surface area contributed by atoms with E-state index >= 15 is 0 Å². The summed E-state index contributed by atoms with van der Waals surface area (Å²) in [6, 6.07) is 9.35. The Bertz CT molecular complexity index is 721. The first-order valence-corrected chi connectivity index (χ1v) is 9.30. The molecule has 0 radical (unpaired) electrons. The third kappa shape index (κ3) is 5.44. The summed E-state index contributed by atoms with van der Waals surface area (Å²) in [5.41, 5.74) is 1.85. The Morgan fingerprint density at radius 1 is 1.11 bits per heavy atom. The molecular weight excluding hydrogens is 342 g/mol. The molecule has 2 aromatic rings. The van der Waals surface area contributed by atoms with Crippen molar-refractivity contribution in [3.63, 3.8) is 0 Å². The van der Waals surface area contributed by atoms with Crippen LogP contribution in [0.5, 0.6) is 11.5 Å². The fourth-order valence-corrected chi connectivity index (χ4v) is 3.37. The first-order chi connectivity index (χ1) is 13.2. The molecule has 3 rings (SSSR count). The molecular formula is C21H27N3O3. The van der Waals surface area contributed by atoms with E-state index in [0.29, 0.717) is 29.5 Å². The number of hydrogen-bond acceptors (Lipinski definition) is 5. The SMILES string of the molecule is COc1cc(OC)cc(C(=O)NCC2CCN(Cc3ccncc3)CC2)c1. The van der Waals surface area contributed by atoms with Gasteiger partial charge in [-0.15, -0.1) is 0 Å². The maximum absolute atomic E-state index is 12.5. The number of rotatable bonds is 7. The highest BCUT2D eigenvalue weighted by Gasteiger charge is 2.20. The Hall–Kier alpha value is -2.60. The van der Waals surface area contributed by atoms with Crippen LogP contribution in [0.15, 0.2) is 42.7 Å². The Kier molecular flexibility index (Phi) is 6.65. The monoisotopic (exact) mass is 369 g/mol. The van der Waals surface area contributed by atoms with Gasteiger partial charge in [0, 0.05) is 37.1 Å². The molecule has 1 aromatic carbocycles. The molecule has 1 amide bonds. The van der Waals surface area contributed by atoms with Gasteiger partial charge in [-0.1, -0.05) is 0 Å². The summed E-state index contributed by atoms with van der Waals surface area (Å²) in [6.07, 6.45) is 5.86. The predicted molar refractivity (Wildman–Crippen MR) is 104 cm³/mol. The van der Waals surface area contributed by atoms with Crippen LogP contribution in [0.1, 0.15) is 28.8 Å². The summed E-state index contributed by atoms with van der Waals surface area (Å²) in [6.45, 7) is 3.76. The summed E-state index contributed by atoms with van der Waals surface area (Å²) >= 11 is 0. The van der Waals surface area contributed by atoms with Crippen LogP contribution in [0.25, 0.3) is 0 Å². The van der Waals surface area contributed by atoms with E-state index in [0.717, 1.165) is 32.5 Å². The van der Waals surface area contributed by atoms with Crippen LogP contribution in [0.4, 0.5) is 0 Å². The third-order valence-electron chi connectivity index (χ3n) is 5.03. The number of nitrogens with one attached hydrogen (secondary N) is 1. The zero-order chi connectivity index (χ0) is 19.1. The zero-order valence-electron chi connectivity index (χ0n) is 16.0. The van der Waals surface area contributed by atoms with E-state index in [-0.39, 0.29) is 5.91 Å². The lowest BCUT2D eigenvalue weighted by molar-refractivity contribution is 0.0934. The lowest BCUT2D eigenvalue weighted by Gasteiger charge is -2.32. The number of ether oxygens (including phenoxy) is 2. The maximum Gasteiger partial charge on any atom is 0.251 e. The number of piperidine rings is 1. The number of hydrogen-bond donors (Lipinski definition) is 1. The minimum atomic E-state index is -0.0913. The van der Waals surface area contributed by atoms with Crippen molar-refractivity contribution in [3.05, 3.63) is 53.9 Å². The van der Waals surface area contributed by atoms with Gasteiger partial charge in [0.15, 0.2) is 0 Å². The fraction of sp³-hybridized carbons (Fsp3) is 0.429. The second kappa shape index (κ2) is 9.37. The zero-order valence-corrected chi connectivity index (χ0v) is 16.0. The van der Waals surface area contributed by atoms with Gasteiger partial charge in [0.05, 0.1) is 14.2 Å². The summed E-state index contributed by atoms with van der Waals surface area (Å²) in [5.74, 6) is 1.65. The molecule has 1 aliphatic heterocycles. The van der Waals surface area contributed by atoms with Crippen LogP contribution in [0.2, 0.25) is 0 Å². The number of aromatic nitrogens is 1. The van der Waals surface area contributed by atoms with Crippen molar-refractivity contribution in [1.82, 2.24) is 15.2 Å². The molecule has 0 spiro atoms. The lowest BCUT2D eigenvalue weighted by atomic mass is 9.96. The largest absolute Gasteiger partial charge is 0.497 e. The van der Waals surface area contributed by atoms with E-state index in [1.807, 2.05) is 12.4 Å². The fourth-order valence-electron chi connectivity index (χ4n) is 3.37. The molecule has 27 heavy (non-hydrogen) atoms. The molecule has 144 valence electrons. The molecule has 1 N–H and O–H groups in total. The van der Waals surface area contributed by atoms with Gasteiger partial charge in [-0.3, -0.25) is 14.7 Å². The van der Waals surface area contributed by atoms with Crippen LogP contribution in [-0.2, 0) is 6.54 Å². The van der Waals surface area contributed by atoms with Crippen molar-refractivity contribution in [2.45, 2.75) is 19.4 Å². The Morgan fingerprint density at radius 3 is 2.33 bits per heavy atom. The van der Waals surface area contributed by atoms with Gasteiger partial charge in [0.2, 0.25) is 0 Å². The molecule has 0 unspecified atom stereocenters. The average Bonchev–Trinajstić information content (AvgIpc) is 2.73. The van der Waals surface area contributed by atoms with Crippen LogP contribution in [0, 0.1) is 5.92 Å². The van der Waals surface area contributed by atoms with E-state index in [1.165, 1.54) is 5.56 Å². The van der Waals surface area contributed by atoms with Crippen molar-refractivity contribution >= 4 is 5.91 Å². The maximum atomic E-state index is 12.5. The minimum absolute atomic E-state index is 0.0913. The molecule has 0 bridgehead atoms. The Morgan fingerprint density at radius 2 is 1.74 bits per heavy atom.